The molecule has 0 radical (unpaired) electrons. The number of allylic oxidation sites excluding steroid dienone is 1. The van der Waals surface area contributed by atoms with E-state index in [9.17, 15) is 5.26 Å². The third-order valence-corrected chi connectivity index (χ3v) is 5.57. The Morgan fingerprint density at radius 2 is 1.87 bits per heavy atom. The number of para-hydroxylation sites is 1. The second-order valence-electron chi connectivity index (χ2n) is 7.99. The molecule has 0 spiro atoms. The Kier molecular flexibility index (Phi) is 4.65. The zero-order chi connectivity index (χ0) is 21.4. The standard InChI is InChI=1S/C27H22N4/c1-18-6-5-7-20(12-18)16-31-17-22(23-8-3-4-9-26(23)31)14-21(15-28)27-29-24-11-10-19(2)13-25(24)30-27/h3-14,17H,16H2,1-2H3,(H,29,30). The van der Waals surface area contributed by atoms with Crippen molar-refractivity contribution in [1.82, 2.24) is 14.5 Å². The van der Waals surface area contributed by atoms with Gasteiger partial charge in [0.2, 0.25) is 0 Å². The topological polar surface area (TPSA) is 57.4 Å². The number of benzene rings is 3. The highest BCUT2D eigenvalue weighted by molar-refractivity contribution is 5.98. The lowest BCUT2D eigenvalue weighted by molar-refractivity contribution is 0.835. The molecule has 5 rings (SSSR count). The van der Waals surface area contributed by atoms with Crippen LogP contribution in [0.3, 0.4) is 0 Å². The highest BCUT2D eigenvalue weighted by atomic mass is 15.0. The van der Waals surface area contributed by atoms with Gasteiger partial charge in [0.15, 0.2) is 0 Å². The number of imidazole rings is 1. The fraction of sp³-hybridized carbons (Fsp3) is 0.111. The Hall–Kier alpha value is -4.10. The maximum Gasteiger partial charge on any atom is 0.149 e. The molecule has 0 saturated heterocycles. The molecule has 31 heavy (non-hydrogen) atoms. The van der Waals surface area contributed by atoms with Gasteiger partial charge in [-0.25, -0.2) is 4.98 Å². The first-order chi connectivity index (χ1) is 15.1. The first kappa shape index (κ1) is 18.9. The molecule has 4 heteroatoms. The molecule has 0 unspecified atom stereocenters. The number of nitrogens with one attached hydrogen (secondary N) is 1. The molecule has 2 heterocycles. The Morgan fingerprint density at radius 3 is 2.71 bits per heavy atom. The summed E-state index contributed by atoms with van der Waals surface area (Å²) in [5, 5.41) is 11.0. The molecule has 0 fully saturated rings. The second-order valence-corrected chi connectivity index (χ2v) is 7.99. The van der Waals surface area contributed by atoms with Gasteiger partial charge in [0.1, 0.15) is 11.9 Å². The zero-order valence-corrected chi connectivity index (χ0v) is 17.6. The fourth-order valence-electron chi connectivity index (χ4n) is 4.09. The smallest absolute Gasteiger partial charge is 0.149 e. The molecule has 0 aliphatic rings. The normalized spacial score (nSPS) is 11.8. The summed E-state index contributed by atoms with van der Waals surface area (Å²) in [7, 11) is 0. The van der Waals surface area contributed by atoms with Gasteiger partial charge >= 0.3 is 0 Å². The van der Waals surface area contributed by atoms with Crippen LogP contribution in [0.1, 0.15) is 28.1 Å². The minimum atomic E-state index is 0.521. The number of aryl methyl sites for hydroxylation is 2. The minimum Gasteiger partial charge on any atom is -0.342 e. The Morgan fingerprint density at radius 1 is 1.03 bits per heavy atom. The third-order valence-electron chi connectivity index (χ3n) is 5.57. The van der Waals surface area contributed by atoms with Gasteiger partial charge in [-0.1, -0.05) is 54.1 Å². The van der Waals surface area contributed by atoms with Gasteiger partial charge in [-0.15, -0.1) is 0 Å². The highest BCUT2D eigenvalue weighted by Crippen LogP contribution is 2.27. The number of nitrogens with zero attached hydrogens (tertiary/aromatic N) is 3. The fourth-order valence-corrected chi connectivity index (χ4v) is 4.09. The summed E-state index contributed by atoms with van der Waals surface area (Å²) >= 11 is 0. The Balaban J connectivity index is 1.60. The van der Waals surface area contributed by atoms with Crippen LogP contribution in [0.2, 0.25) is 0 Å². The van der Waals surface area contributed by atoms with Crippen molar-refractivity contribution in [1.29, 1.82) is 5.26 Å². The van der Waals surface area contributed by atoms with E-state index in [1.807, 2.05) is 31.2 Å². The van der Waals surface area contributed by atoms with Crippen LogP contribution in [-0.2, 0) is 6.54 Å². The van der Waals surface area contributed by atoms with Crippen LogP contribution >= 0.6 is 0 Å². The molecular weight excluding hydrogens is 380 g/mol. The first-order valence-corrected chi connectivity index (χ1v) is 10.3. The number of aromatic amines is 1. The van der Waals surface area contributed by atoms with Crippen LogP contribution in [0, 0.1) is 25.2 Å². The zero-order valence-electron chi connectivity index (χ0n) is 17.6. The second kappa shape index (κ2) is 7.62. The number of hydrogen-bond acceptors (Lipinski definition) is 2. The summed E-state index contributed by atoms with van der Waals surface area (Å²) < 4.78 is 2.24. The molecule has 0 saturated carbocycles. The summed E-state index contributed by atoms with van der Waals surface area (Å²) in [6, 6.07) is 25.3. The van der Waals surface area contributed by atoms with E-state index in [2.05, 4.69) is 82.3 Å². The molecule has 0 aliphatic heterocycles. The molecule has 0 aliphatic carbocycles. The molecule has 2 aromatic heterocycles. The van der Waals surface area contributed by atoms with Gasteiger partial charge in [-0.05, 0) is 49.2 Å². The molecule has 0 bridgehead atoms. The van der Waals surface area contributed by atoms with Gasteiger partial charge in [0.25, 0.3) is 0 Å². The summed E-state index contributed by atoms with van der Waals surface area (Å²) in [5.41, 5.74) is 8.15. The predicted molar refractivity (Wildman–Crippen MR) is 127 cm³/mol. The minimum absolute atomic E-state index is 0.521. The van der Waals surface area contributed by atoms with E-state index in [4.69, 9.17) is 0 Å². The average molecular weight is 403 g/mol. The van der Waals surface area contributed by atoms with E-state index >= 15 is 0 Å². The lowest BCUT2D eigenvalue weighted by Crippen LogP contribution is -1.97. The van der Waals surface area contributed by atoms with E-state index in [0.29, 0.717) is 11.4 Å². The van der Waals surface area contributed by atoms with Crippen molar-refractivity contribution in [3.8, 4) is 6.07 Å². The van der Waals surface area contributed by atoms with E-state index in [1.54, 1.807) is 0 Å². The number of H-pyrrole nitrogens is 1. The largest absolute Gasteiger partial charge is 0.342 e. The predicted octanol–water partition coefficient (Wildman–Crippen LogP) is 6.25. The summed E-state index contributed by atoms with van der Waals surface area (Å²) in [5.74, 6) is 0.596. The number of nitriles is 1. The van der Waals surface area contributed by atoms with Crippen LogP contribution in [0.15, 0.2) is 72.9 Å². The molecular formula is C27H22N4. The van der Waals surface area contributed by atoms with Gasteiger partial charge in [0.05, 0.1) is 16.6 Å². The molecule has 5 aromatic rings. The van der Waals surface area contributed by atoms with Crippen LogP contribution in [0.25, 0.3) is 33.6 Å². The van der Waals surface area contributed by atoms with Crippen molar-refractivity contribution < 1.29 is 0 Å². The number of rotatable bonds is 4. The molecule has 150 valence electrons. The molecule has 0 amide bonds. The van der Waals surface area contributed by atoms with Gasteiger partial charge < -0.3 is 9.55 Å². The summed E-state index contributed by atoms with van der Waals surface area (Å²) in [4.78, 5) is 7.93. The molecule has 4 nitrogen and oxygen atoms in total. The first-order valence-electron chi connectivity index (χ1n) is 10.3. The van der Waals surface area contributed by atoms with Crippen molar-refractivity contribution >= 4 is 33.6 Å². The van der Waals surface area contributed by atoms with E-state index < -0.39 is 0 Å². The van der Waals surface area contributed by atoms with Crippen molar-refractivity contribution in [2.75, 3.05) is 0 Å². The number of hydrogen-bond donors (Lipinski definition) is 1. The highest BCUT2D eigenvalue weighted by Gasteiger charge is 2.12. The third kappa shape index (κ3) is 3.62. The van der Waals surface area contributed by atoms with Crippen LogP contribution < -0.4 is 0 Å². The lowest BCUT2D eigenvalue weighted by Gasteiger charge is -2.06. The van der Waals surface area contributed by atoms with Crippen LogP contribution in [-0.4, -0.2) is 14.5 Å². The van der Waals surface area contributed by atoms with Crippen LogP contribution in [0.4, 0.5) is 0 Å². The maximum atomic E-state index is 9.88. The van der Waals surface area contributed by atoms with Gasteiger partial charge in [-0.2, -0.15) is 5.26 Å². The number of aromatic nitrogens is 3. The summed E-state index contributed by atoms with van der Waals surface area (Å²) in [6.07, 6.45) is 4.05. The Labute approximate surface area is 181 Å². The SMILES string of the molecule is Cc1cccc(Cn2cc(C=C(C#N)c3nc4ccc(C)cc4[nH]3)c3ccccc32)c1. The number of fused-ring (bicyclic) bond motifs is 2. The molecule has 1 N–H and O–H groups in total. The van der Waals surface area contributed by atoms with Crippen LogP contribution in [0.5, 0.6) is 0 Å². The van der Waals surface area contributed by atoms with E-state index in [-0.39, 0.29) is 0 Å². The van der Waals surface area contributed by atoms with E-state index in [0.717, 1.165) is 39.6 Å². The quantitative estimate of drug-likeness (QED) is 0.361. The molecule has 3 aromatic carbocycles. The van der Waals surface area contributed by atoms with Crippen molar-refractivity contribution in [3.63, 3.8) is 0 Å². The maximum absolute atomic E-state index is 9.88. The monoisotopic (exact) mass is 402 g/mol. The van der Waals surface area contributed by atoms with Gasteiger partial charge in [0, 0.05) is 29.2 Å². The summed E-state index contributed by atoms with van der Waals surface area (Å²) in [6.45, 7) is 4.94. The van der Waals surface area contributed by atoms with Crippen molar-refractivity contribution in [3.05, 3.63) is 101 Å². The average Bonchev–Trinajstić information content (AvgIpc) is 3.33. The van der Waals surface area contributed by atoms with E-state index in [1.165, 1.54) is 11.1 Å². The Bertz CT molecular complexity index is 1490. The molecule has 0 atom stereocenters. The lowest BCUT2D eigenvalue weighted by atomic mass is 10.1. The van der Waals surface area contributed by atoms with Crippen molar-refractivity contribution in [2.24, 2.45) is 0 Å². The van der Waals surface area contributed by atoms with Crippen molar-refractivity contribution in [2.45, 2.75) is 20.4 Å². The van der Waals surface area contributed by atoms with Gasteiger partial charge in [-0.3, -0.25) is 0 Å².